The van der Waals surface area contributed by atoms with Gasteiger partial charge >= 0.3 is 107 Å². The molecule has 1 aliphatic rings. The molecule has 0 aromatic heterocycles. The van der Waals surface area contributed by atoms with Crippen LogP contribution in [0.1, 0.15) is 73.6 Å². The van der Waals surface area contributed by atoms with Crippen LogP contribution >= 0.6 is 17.9 Å². The van der Waals surface area contributed by atoms with Crippen LogP contribution < -0.4 is 0 Å². The van der Waals surface area contributed by atoms with Gasteiger partial charge in [0, 0.05) is 0 Å². The summed E-state index contributed by atoms with van der Waals surface area (Å²) in [5.74, 6) is 0. The second-order valence-electron chi connectivity index (χ2n) is 7.55. The van der Waals surface area contributed by atoms with Gasteiger partial charge in [-0.3, -0.25) is 0 Å². The Bertz CT molecular complexity index is 214. The average Bonchev–Trinajstić information content (AvgIpc) is 2.14. The SMILES string of the molecule is CC(C)(C)[PH](Cl)(C1CCCCC1)C(C)(C)C. The van der Waals surface area contributed by atoms with Crippen LogP contribution in [-0.2, 0) is 0 Å². The fourth-order valence-corrected chi connectivity index (χ4v) is 10.4. The molecule has 0 unspecified atom stereocenters. The molecule has 0 saturated heterocycles. The third-order valence-electron chi connectivity index (χ3n) is 4.35. The van der Waals surface area contributed by atoms with E-state index in [4.69, 9.17) is 11.2 Å². The summed E-state index contributed by atoms with van der Waals surface area (Å²) in [5, 5.41) is 0.601. The first-order valence-electron chi connectivity index (χ1n) is 6.79. The second-order valence-corrected chi connectivity index (χ2v) is 14.6. The van der Waals surface area contributed by atoms with E-state index in [1.807, 2.05) is 0 Å². The Morgan fingerprint density at radius 1 is 0.812 bits per heavy atom. The molecule has 0 spiro atoms. The Balaban J connectivity index is 3.04. The van der Waals surface area contributed by atoms with Gasteiger partial charge in [-0.2, -0.15) is 0 Å². The molecule has 0 nitrogen and oxygen atoms in total. The van der Waals surface area contributed by atoms with Crippen molar-refractivity contribution < 1.29 is 0 Å². The van der Waals surface area contributed by atoms with E-state index < -0.39 is 6.62 Å². The molecule has 0 atom stereocenters. The van der Waals surface area contributed by atoms with Gasteiger partial charge in [0.25, 0.3) is 0 Å². The molecule has 0 bridgehead atoms. The predicted octanol–water partition coefficient (Wildman–Crippen LogP) is 5.82. The maximum atomic E-state index is 7.31. The zero-order chi connectivity index (χ0) is 12.6. The predicted molar refractivity (Wildman–Crippen MR) is 80.5 cm³/mol. The molecular formula is C14H30ClP. The Hall–Kier alpha value is 0.720. The molecule has 0 aliphatic heterocycles. The van der Waals surface area contributed by atoms with E-state index in [-0.39, 0.29) is 0 Å². The average molecular weight is 265 g/mol. The van der Waals surface area contributed by atoms with E-state index in [1.165, 1.54) is 32.1 Å². The molecule has 0 heterocycles. The van der Waals surface area contributed by atoms with Gasteiger partial charge in [-0.25, -0.2) is 0 Å². The van der Waals surface area contributed by atoms with Gasteiger partial charge in [0.2, 0.25) is 0 Å². The van der Waals surface area contributed by atoms with Gasteiger partial charge in [-0.1, -0.05) is 0 Å². The minimum atomic E-state index is -1.78. The van der Waals surface area contributed by atoms with Crippen LogP contribution in [0.4, 0.5) is 0 Å². The Kier molecular flexibility index (Phi) is 4.41. The summed E-state index contributed by atoms with van der Waals surface area (Å²) in [7, 11) is 0. The molecule has 0 aromatic carbocycles. The van der Waals surface area contributed by atoms with E-state index >= 15 is 0 Å². The molecule has 16 heavy (non-hydrogen) atoms. The van der Waals surface area contributed by atoms with Crippen molar-refractivity contribution >= 4 is 17.9 Å². The molecule has 1 saturated carbocycles. The van der Waals surface area contributed by atoms with Gasteiger partial charge in [-0.15, -0.1) is 0 Å². The normalized spacial score (nSPS) is 22.2. The van der Waals surface area contributed by atoms with Gasteiger partial charge in [0.1, 0.15) is 0 Å². The zero-order valence-corrected chi connectivity index (χ0v) is 13.7. The first kappa shape index (κ1) is 14.8. The van der Waals surface area contributed by atoms with E-state index in [0.29, 0.717) is 10.3 Å². The van der Waals surface area contributed by atoms with Crippen LogP contribution in [0.3, 0.4) is 0 Å². The summed E-state index contributed by atoms with van der Waals surface area (Å²) in [5.41, 5.74) is 0.822. The molecular weight excluding hydrogens is 235 g/mol. The van der Waals surface area contributed by atoms with E-state index in [1.54, 1.807) is 0 Å². The standard InChI is InChI=1S/C14H30ClP/c1-13(2,3)16(15,14(4,5)6)12-10-8-7-9-11-12/h12,16H,7-11H2,1-6H3. The monoisotopic (exact) mass is 264 g/mol. The van der Waals surface area contributed by atoms with Crippen LogP contribution in [0, 0.1) is 0 Å². The summed E-state index contributed by atoms with van der Waals surface area (Å²) in [6.45, 7) is 12.4. The summed E-state index contributed by atoms with van der Waals surface area (Å²) in [6, 6.07) is 0. The van der Waals surface area contributed by atoms with Crippen LogP contribution in [-0.4, -0.2) is 16.0 Å². The van der Waals surface area contributed by atoms with Gasteiger partial charge in [0.15, 0.2) is 0 Å². The third-order valence-corrected chi connectivity index (χ3v) is 14.7. The Morgan fingerprint density at radius 3 is 1.50 bits per heavy atom. The summed E-state index contributed by atoms with van der Waals surface area (Å²) in [6.07, 6.45) is 6.98. The van der Waals surface area contributed by atoms with Crippen molar-refractivity contribution in [2.75, 3.05) is 0 Å². The number of hydrogen-bond donors (Lipinski definition) is 0. The molecule has 0 amide bonds. The summed E-state index contributed by atoms with van der Waals surface area (Å²) in [4.78, 5) is 0. The molecule has 2 heteroatoms. The van der Waals surface area contributed by atoms with Gasteiger partial charge in [0.05, 0.1) is 0 Å². The van der Waals surface area contributed by atoms with E-state index in [0.717, 1.165) is 5.66 Å². The van der Waals surface area contributed by atoms with Crippen molar-refractivity contribution in [3.05, 3.63) is 0 Å². The van der Waals surface area contributed by atoms with Crippen molar-refractivity contribution in [3.63, 3.8) is 0 Å². The van der Waals surface area contributed by atoms with Crippen LogP contribution in [0.15, 0.2) is 0 Å². The van der Waals surface area contributed by atoms with Crippen molar-refractivity contribution in [2.24, 2.45) is 0 Å². The number of hydrogen-bond acceptors (Lipinski definition) is 0. The number of halogens is 1. The van der Waals surface area contributed by atoms with Crippen molar-refractivity contribution in [3.8, 4) is 0 Å². The van der Waals surface area contributed by atoms with Crippen molar-refractivity contribution in [1.82, 2.24) is 0 Å². The fourth-order valence-electron chi connectivity index (χ4n) is 3.85. The van der Waals surface area contributed by atoms with E-state index in [2.05, 4.69) is 41.5 Å². The molecule has 0 radical (unpaired) electrons. The first-order chi connectivity index (χ1) is 7.11. The van der Waals surface area contributed by atoms with Crippen LogP contribution in [0.2, 0.25) is 0 Å². The van der Waals surface area contributed by atoms with Crippen molar-refractivity contribution in [1.29, 1.82) is 0 Å². The third kappa shape index (κ3) is 2.59. The maximum absolute atomic E-state index is 7.31. The second kappa shape index (κ2) is 4.77. The van der Waals surface area contributed by atoms with E-state index in [9.17, 15) is 0 Å². The molecule has 0 N–H and O–H groups in total. The molecule has 1 rings (SSSR count). The Morgan fingerprint density at radius 2 is 1.19 bits per heavy atom. The van der Waals surface area contributed by atoms with Crippen LogP contribution in [0.25, 0.3) is 0 Å². The summed E-state index contributed by atoms with van der Waals surface area (Å²) < 4.78 is 0. The number of rotatable bonds is 1. The molecule has 98 valence electrons. The first-order valence-corrected chi connectivity index (χ1v) is 9.88. The Labute approximate surface area is 108 Å². The molecule has 1 fully saturated rings. The quantitative estimate of drug-likeness (QED) is 0.524. The topological polar surface area (TPSA) is 0 Å². The molecule has 1 aliphatic carbocycles. The van der Waals surface area contributed by atoms with Gasteiger partial charge < -0.3 is 0 Å². The van der Waals surface area contributed by atoms with Crippen LogP contribution in [0.5, 0.6) is 0 Å². The minimum absolute atomic E-state index is 0.300. The van der Waals surface area contributed by atoms with Gasteiger partial charge in [-0.05, 0) is 0 Å². The van der Waals surface area contributed by atoms with Crippen molar-refractivity contribution in [2.45, 2.75) is 89.6 Å². The fraction of sp³-hybridized carbons (Fsp3) is 1.00. The summed E-state index contributed by atoms with van der Waals surface area (Å²) >= 11 is 7.31. The molecule has 0 aromatic rings. The zero-order valence-electron chi connectivity index (χ0n) is 12.0.